The number of benzene rings is 1. The van der Waals surface area contributed by atoms with Gasteiger partial charge < -0.3 is 4.74 Å². The van der Waals surface area contributed by atoms with Crippen LogP contribution in [-0.2, 0) is 11.3 Å². The van der Waals surface area contributed by atoms with E-state index in [1.165, 1.54) is 13.2 Å². The first-order valence-corrected chi connectivity index (χ1v) is 7.22. The highest BCUT2D eigenvalue weighted by molar-refractivity contribution is 6.31. The largest absolute Gasteiger partial charge is 0.496 e. The lowest BCUT2D eigenvalue weighted by Crippen LogP contribution is -2.43. The summed E-state index contributed by atoms with van der Waals surface area (Å²) in [6.45, 7) is 3.70. The van der Waals surface area contributed by atoms with Crippen LogP contribution in [0.3, 0.4) is 0 Å². The quantitative estimate of drug-likeness (QED) is 0.831. The van der Waals surface area contributed by atoms with E-state index in [0.717, 1.165) is 11.4 Å². The maximum atomic E-state index is 12.1. The highest BCUT2D eigenvalue weighted by Gasteiger charge is 2.14. The minimum Gasteiger partial charge on any atom is -0.496 e. The maximum Gasteiger partial charge on any atom is 0.273 e. The molecular formula is C15H17ClN4O3. The Balaban J connectivity index is 1.97. The van der Waals surface area contributed by atoms with Crippen molar-refractivity contribution in [2.24, 2.45) is 0 Å². The lowest BCUT2D eigenvalue weighted by atomic mass is 10.2. The van der Waals surface area contributed by atoms with Gasteiger partial charge in [0.25, 0.3) is 11.8 Å². The summed E-state index contributed by atoms with van der Waals surface area (Å²) in [7, 11) is 1.45. The van der Waals surface area contributed by atoms with Crippen molar-refractivity contribution >= 4 is 23.4 Å². The molecule has 0 radical (unpaired) electrons. The number of carbonyl (C=O) groups excluding carboxylic acids is 2. The molecule has 7 nitrogen and oxygen atoms in total. The van der Waals surface area contributed by atoms with Crippen LogP contribution in [0, 0.1) is 13.8 Å². The minimum atomic E-state index is -0.522. The molecule has 0 saturated heterocycles. The smallest absolute Gasteiger partial charge is 0.273 e. The van der Waals surface area contributed by atoms with E-state index < -0.39 is 11.8 Å². The fourth-order valence-electron chi connectivity index (χ4n) is 2.06. The molecular weight excluding hydrogens is 320 g/mol. The van der Waals surface area contributed by atoms with Gasteiger partial charge in [0.15, 0.2) is 0 Å². The fourth-order valence-corrected chi connectivity index (χ4v) is 2.23. The number of halogens is 1. The number of aromatic nitrogens is 2. The van der Waals surface area contributed by atoms with Crippen LogP contribution in [0.5, 0.6) is 5.75 Å². The summed E-state index contributed by atoms with van der Waals surface area (Å²) in [5.41, 5.74) is 6.58. The Labute approximate surface area is 138 Å². The average Bonchev–Trinajstić information content (AvgIpc) is 2.82. The molecule has 0 unspecified atom stereocenters. The Bertz CT molecular complexity index is 742. The predicted molar refractivity (Wildman–Crippen MR) is 85.3 cm³/mol. The summed E-state index contributed by atoms with van der Waals surface area (Å²) in [6.07, 6.45) is 0. The second-order valence-electron chi connectivity index (χ2n) is 4.93. The zero-order chi connectivity index (χ0) is 17.0. The normalized spacial score (nSPS) is 10.3. The van der Waals surface area contributed by atoms with Gasteiger partial charge in [0.05, 0.1) is 18.4 Å². The Kier molecular flexibility index (Phi) is 5.23. The van der Waals surface area contributed by atoms with E-state index in [-0.39, 0.29) is 12.1 Å². The average molecular weight is 337 g/mol. The van der Waals surface area contributed by atoms with Crippen molar-refractivity contribution in [3.05, 3.63) is 46.2 Å². The molecule has 0 spiro atoms. The topological polar surface area (TPSA) is 85.3 Å². The lowest BCUT2D eigenvalue weighted by molar-refractivity contribution is -0.122. The number of ether oxygens (including phenoxy) is 1. The molecule has 2 amide bonds. The highest BCUT2D eigenvalue weighted by atomic mass is 35.5. The number of methoxy groups -OCH3 is 1. The van der Waals surface area contributed by atoms with E-state index in [0.29, 0.717) is 10.8 Å². The third-order valence-electron chi connectivity index (χ3n) is 3.12. The van der Waals surface area contributed by atoms with Gasteiger partial charge in [-0.2, -0.15) is 5.10 Å². The van der Waals surface area contributed by atoms with E-state index >= 15 is 0 Å². The Morgan fingerprint density at radius 2 is 2.00 bits per heavy atom. The van der Waals surface area contributed by atoms with E-state index in [1.54, 1.807) is 16.8 Å². The molecule has 23 heavy (non-hydrogen) atoms. The SMILES string of the molecule is COc1ccc(Cl)cc1C(=O)NNC(=O)Cn1nc(C)cc1C. The number of amides is 2. The van der Waals surface area contributed by atoms with Gasteiger partial charge in [-0.25, -0.2) is 0 Å². The number of nitrogens with zero attached hydrogens (tertiary/aromatic N) is 2. The highest BCUT2D eigenvalue weighted by Crippen LogP contribution is 2.22. The van der Waals surface area contributed by atoms with Crippen LogP contribution in [0.25, 0.3) is 0 Å². The molecule has 0 fully saturated rings. The van der Waals surface area contributed by atoms with Gasteiger partial charge in [-0.05, 0) is 38.1 Å². The Morgan fingerprint density at radius 3 is 2.61 bits per heavy atom. The van der Waals surface area contributed by atoms with Crippen LogP contribution in [-0.4, -0.2) is 28.7 Å². The summed E-state index contributed by atoms with van der Waals surface area (Å²) < 4.78 is 6.65. The number of nitrogens with one attached hydrogen (secondary N) is 2. The molecule has 0 bridgehead atoms. The van der Waals surface area contributed by atoms with Gasteiger partial charge in [0, 0.05) is 10.7 Å². The fraction of sp³-hybridized carbons (Fsp3) is 0.267. The summed E-state index contributed by atoms with van der Waals surface area (Å²) in [5, 5.41) is 4.57. The molecule has 1 aromatic carbocycles. The Hall–Kier alpha value is -2.54. The van der Waals surface area contributed by atoms with Gasteiger partial charge in [-0.1, -0.05) is 11.6 Å². The predicted octanol–water partition coefficient (Wildman–Crippen LogP) is 1.62. The molecule has 0 aliphatic carbocycles. The molecule has 2 rings (SSSR count). The zero-order valence-corrected chi connectivity index (χ0v) is 13.8. The van der Waals surface area contributed by atoms with Crippen molar-refractivity contribution in [2.45, 2.75) is 20.4 Å². The molecule has 122 valence electrons. The second-order valence-corrected chi connectivity index (χ2v) is 5.37. The lowest BCUT2D eigenvalue weighted by Gasteiger charge is -2.11. The molecule has 2 aromatic rings. The van der Waals surface area contributed by atoms with Gasteiger partial charge in [0.2, 0.25) is 0 Å². The monoisotopic (exact) mass is 336 g/mol. The molecule has 0 aliphatic rings. The van der Waals surface area contributed by atoms with E-state index in [9.17, 15) is 9.59 Å². The van der Waals surface area contributed by atoms with E-state index in [2.05, 4.69) is 16.0 Å². The zero-order valence-electron chi connectivity index (χ0n) is 13.0. The van der Waals surface area contributed by atoms with Crippen molar-refractivity contribution in [1.29, 1.82) is 0 Å². The van der Waals surface area contributed by atoms with Crippen molar-refractivity contribution in [1.82, 2.24) is 20.6 Å². The van der Waals surface area contributed by atoms with Gasteiger partial charge >= 0.3 is 0 Å². The van der Waals surface area contributed by atoms with Crippen molar-refractivity contribution in [3.8, 4) is 5.75 Å². The molecule has 0 atom stereocenters. The molecule has 2 N–H and O–H groups in total. The number of hydrazine groups is 1. The van der Waals surface area contributed by atoms with Crippen LogP contribution in [0.2, 0.25) is 5.02 Å². The van der Waals surface area contributed by atoms with E-state index in [4.69, 9.17) is 16.3 Å². The summed E-state index contributed by atoms with van der Waals surface area (Å²) in [4.78, 5) is 24.0. The standard InChI is InChI=1S/C15H17ClN4O3/c1-9-6-10(2)20(19-9)8-14(21)17-18-15(22)12-7-11(16)4-5-13(12)23-3/h4-7H,8H2,1-3H3,(H,17,21)(H,18,22). The summed E-state index contributed by atoms with van der Waals surface area (Å²) >= 11 is 5.87. The molecule has 8 heteroatoms. The van der Waals surface area contributed by atoms with Crippen LogP contribution >= 0.6 is 11.6 Å². The van der Waals surface area contributed by atoms with Gasteiger partial charge in [-0.15, -0.1) is 0 Å². The molecule has 1 heterocycles. The van der Waals surface area contributed by atoms with Gasteiger partial charge in [0.1, 0.15) is 12.3 Å². The van der Waals surface area contributed by atoms with Crippen molar-refractivity contribution < 1.29 is 14.3 Å². The van der Waals surface area contributed by atoms with Crippen molar-refractivity contribution in [3.63, 3.8) is 0 Å². The van der Waals surface area contributed by atoms with Crippen molar-refractivity contribution in [2.75, 3.05) is 7.11 Å². The minimum absolute atomic E-state index is 0.00658. The van der Waals surface area contributed by atoms with Crippen LogP contribution in [0.15, 0.2) is 24.3 Å². The number of aryl methyl sites for hydroxylation is 2. The van der Waals surface area contributed by atoms with Crippen LogP contribution in [0.4, 0.5) is 0 Å². The van der Waals surface area contributed by atoms with E-state index in [1.807, 2.05) is 19.9 Å². The molecule has 0 aliphatic heterocycles. The first-order valence-electron chi connectivity index (χ1n) is 6.84. The second kappa shape index (κ2) is 7.15. The van der Waals surface area contributed by atoms with Crippen LogP contribution < -0.4 is 15.6 Å². The number of hydrogen-bond donors (Lipinski definition) is 2. The van der Waals surface area contributed by atoms with Gasteiger partial charge in [-0.3, -0.25) is 25.1 Å². The van der Waals surface area contributed by atoms with Crippen LogP contribution in [0.1, 0.15) is 21.7 Å². The Morgan fingerprint density at radius 1 is 1.26 bits per heavy atom. The summed E-state index contributed by atoms with van der Waals surface area (Å²) in [6, 6.07) is 6.51. The molecule has 0 saturated carbocycles. The number of rotatable bonds is 4. The first kappa shape index (κ1) is 16.8. The third-order valence-corrected chi connectivity index (χ3v) is 3.35. The summed E-state index contributed by atoms with van der Waals surface area (Å²) in [5.74, 6) is -0.559. The molecule has 1 aromatic heterocycles. The number of hydrogen-bond acceptors (Lipinski definition) is 4. The first-order chi connectivity index (χ1) is 10.9. The third kappa shape index (κ3) is 4.23. The number of carbonyl (C=O) groups is 2. The maximum absolute atomic E-state index is 12.1.